The van der Waals surface area contributed by atoms with Gasteiger partial charge in [0.25, 0.3) is 6.71 Å². The molecule has 5 aromatic rings. The Morgan fingerprint density at radius 1 is 0.526 bits per heavy atom. The number of hydrogen-bond acceptors (Lipinski definition) is 5. The van der Waals surface area contributed by atoms with Crippen molar-refractivity contribution in [3.05, 3.63) is 120 Å². The van der Waals surface area contributed by atoms with Gasteiger partial charge in [-0.3, -0.25) is 0 Å². The molecule has 176 valence electrons. The van der Waals surface area contributed by atoms with Crippen LogP contribution in [0.1, 0.15) is 11.1 Å². The van der Waals surface area contributed by atoms with Crippen molar-refractivity contribution in [2.45, 2.75) is 0 Å². The first-order chi connectivity index (χ1) is 18.7. The molecule has 2 aliphatic rings. The van der Waals surface area contributed by atoms with Crippen LogP contribution >= 0.6 is 0 Å². The van der Waals surface area contributed by atoms with Gasteiger partial charge in [0.2, 0.25) is 0 Å². The molecule has 0 aliphatic carbocycles. The van der Waals surface area contributed by atoms with E-state index in [1.165, 1.54) is 0 Å². The second-order valence-corrected chi connectivity index (χ2v) is 9.23. The number of nitriles is 2. The van der Waals surface area contributed by atoms with Gasteiger partial charge < -0.3 is 14.4 Å². The summed E-state index contributed by atoms with van der Waals surface area (Å²) in [5.74, 6) is 2.65. The Bertz CT molecular complexity index is 1680. The van der Waals surface area contributed by atoms with Crippen LogP contribution in [0.15, 0.2) is 109 Å². The number of benzene rings is 5. The molecule has 0 fully saturated rings. The van der Waals surface area contributed by atoms with Crippen molar-refractivity contribution in [1.82, 2.24) is 0 Å². The Hall–Kier alpha value is -5.46. The Morgan fingerprint density at radius 3 is 1.45 bits per heavy atom. The van der Waals surface area contributed by atoms with E-state index in [1.807, 2.05) is 72.8 Å². The van der Waals surface area contributed by atoms with E-state index in [2.05, 4.69) is 41.3 Å². The highest BCUT2D eigenvalue weighted by atomic mass is 16.5. The molecule has 0 N–H and O–H groups in total. The lowest BCUT2D eigenvalue weighted by molar-refractivity contribution is 0.464. The molecule has 0 aromatic heterocycles. The summed E-state index contributed by atoms with van der Waals surface area (Å²) in [7, 11) is 0. The molecule has 0 amide bonds. The molecule has 0 saturated carbocycles. The Balaban J connectivity index is 1.48. The summed E-state index contributed by atoms with van der Waals surface area (Å²) in [6, 6.07) is 39.9. The summed E-state index contributed by atoms with van der Waals surface area (Å²) in [4.78, 5) is 2.15. The van der Waals surface area contributed by atoms with Gasteiger partial charge in [-0.15, -0.1) is 0 Å². The summed E-state index contributed by atoms with van der Waals surface area (Å²) >= 11 is 0. The van der Waals surface area contributed by atoms with Gasteiger partial charge in [0.1, 0.15) is 23.0 Å². The van der Waals surface area contributed by atoms with E-state index in [9.17, 15) is 10.5 Å². The van der Waals surface area contributed by atoms with Crippen molar-refractivity contribution in [2.75, 3.05) is 4.90 Å². The lowest BCUT2D eigenvalue weighted by atomic mass is 9.35. The minimum atomic E-state index is -0.149. The predicted molar refractivity (Wildman–Crippen MR) is 148 cm³/mol. The number of fused-ring (bicyclic) bond motifs is 4. The molecule has 0 spiro atoms. The molecule has 0 bridgehead atoms. The summed E-state index contributed by atoms with van der Waals surface area (Å²) < 4.78 is 13.0. The van der Waals surface area contributed by atoms with Crippen LogP contribution in [0.2, 0.25) is 0 Å². The zero-order chi connectivity index (χ0) is 25.6. The molecule has 38 heavy (non-hydrogen) atoms. The van der Waals surface area contributed by atoms with E-state index >= 15 is 0 Å². The molecule has 5 nitrogen and oxygen atoms in total. The Morgan fingerprint density at radius 2 is 1.00 bits per heavy atom. The largest absolute Gasteiger partial charge is 0.458 e. The molecule has 0 radical (unpaired) electrons. The van der Waals surface area contributed by atoms with E-state index in [0.29, 0.717) is 34.1 Å². The Kier molecular flexibility index (Phi) is 4.93. The van der Waals surface area contributed by atoms with Crippen molar-refractivity contribution in [2.24, 2.45) is 0 Å². The highest BCUT2D eigenvalue weighted by Crippen LogP contribution is 2.42. The van der Waals surface area contributed by atoms with Crippen molar-refractivity contribution in [3.8, 4) is 35.1 Å². The van der Waals surface area contributed by atoms with Crippen molar-refractivity contribution < 1.29 is 9.47 Å². The van der Waals surface area contributed by atoms with Gasteiger partial charge in [-0.05, 0) is 59.5 Å². The highest BCUT2D eigenvalue weighted by molar-refractivity contribution is 6.98. The van der Waals surface area contributed by atoms with Crippen LogP contribution in [0.4, 0.5) is 17.1 Å². The molecule has 6 heteroatoms. The summed E-state index contributed by atoms with van der Waals surface area (Å²) in [6.45, 7) is -0.149. The van der Waals surface area contributed by atoms with Gasteiger partial charge in [-0.2, -0.15) is 10.5 Å². The van der Waals surface area contributed by atoms with Gasteiger partial charge in [-0.25, -0.2) is 0 Å². The zero-order valence-corrected chi connectivity index (χ0v) is 20.1. The number of para-hydroxylation sites is 2. The monoisotopic (exact) mass is 487 g/mol. The lowest BCUT2D eigenvalue weighted by Crippen LogP contribution is -2.57. The molecule has 0 saturated heterocycles. The maximum Gasteiger partial charge on any atom is 0.260 e. The van der Waals surface area contributed by atoms with Crippen LogP contribution < -0.4 is 30.8 Å². The standard InChI is InChI=1S/C32H18BN3O2/c34-19-21-11-13-26-28(15-21)37-30-17-25(36(23-7-3-1-4-8-23)24-9-5-2-6-10-24)18-31-32(30)33(26)27-14-12-22(20-35)16-29(27)38-31/h1-18H. The van der Waals surface area contributed by atoms with E-state index in [4.69, 9.17) is 9.47 Å². The first-order valence-corrected chi connectivity index (χ1v) is 12.3. The summed E-state index contributed by atoms with van der Waals surface area (Å²) in [5.41, 5.74) is 6.78. The van der Waals surface area contributed by atoms with Crippen LogP contribution in [0.3, 0.4) is 0 Å². The average Bonchev–Trinajstić information content (AvgIpc) is 2.97. The smallest absolute Gasteiger partial charge is 0.260 e. The zero-order valence-electron chi connectivity index (χ0n) is 20.1. The van der Waals surface area contributed by atoms with E-state index in [-0.39, 0.29) is 6.71 Å². The topological polar surface area (TPSA) is 69.3 Å². The van der Waals surface area contributed by atoms with Crippen LogP contribution in [-0.4, -0.2) is 6.71 Å². The minimum Gasteiger partial charge on any atom is -0.458 e. The predicted octanol–water partition coefficient (Wildman–Crippen LogP) is 5.63. The molecular weight excluding hydrogens is 469 g/mol. The maximum absolute atomic E-state index is 9.53. The van der Waals surface area contributed by atoms with E-state index in [1.54, 1.807) is 12.1 Å². The first kappa shape index (κ1) is 21.8. The SMILES string of the molecule is N#Cc1ccc2c(c1)Oc1cc(N(c3ccccc3)c3ccccc3)cc3c1B2c1ccc(C#N)cc1O3. The molecule has 2 heterocycles. The third kappa shape index (κ3) is 3.40. The van der Waals surface area contributed by atoms with Crippen LogP contribution in [0.5, 0.6) is 23.0 Å². The molecule has 2 aliphatic heterocycles. The summed E-state index contributed by atoms with van der Waals surface area (Å²) in [6.07, 6.45) is 0. The fourth-order valence-corrected chi connectivity index (χ4v) is 5.35. The molecular formula is C32H18BN3O2. The average molecular weight is 487 g/mol. The van der Waals surface area contributed by atoms with Crippen LogP contribution in [0.25, 0.3) is 0 Å². The molecule has 0 unspecified atom stereocenters. The highest BCUT2D eigenvalue weighted by Gasteiger charge is 2.41. The lowest BCUT2D eigenvalue weighted by Gasteiger charge is -2.35. The van der Waals surface area contributed by atoms with Gasteiger partial charge >= 0.3 is 0 Å². The molecule has 0 atom stereocenters. The summed E-state index contributed by atoms with van der Waals surface area (Å²) in [5, 5.41) is 19.1. The van der Waals surface area contributed by atoms with Crippen LogP contribution in [-0.2, 0) is 0 Å². The van der Waals surface area contributed by atoms with E-state index in [0.717, 1.165) is 33.5 Å². The fourth-order valence-electron chi connectivity index (χ4n) is 5.35. The molecule has 5 aromatic carbocycles. The fraction of sp³-hybridized carbons (Fsp3) is 0. The third-order valence-electron chi connectivity index (χ3n) is 7.01. The number of hydrogen-bond donors (Lipinski definition) is 0. The second-order valence-electron chi connectivity index (χ2n) is 9.23. The number of nitrogens with zero attached hydrogens (tertiary/aromatic N) is 3. The quantitative estimate of drug-likeness (QED) is 0.303. The van der Waals surface area contributed by atoms with E-state index < -0.39 is 0 Å². The molecule has 7 rings (SSSR count). The van der Waals surface area contributed by atoms with Gasteiger partial charge in [-0.1, -0.05) is 48.5 Å². The number of ether oxygens (including phenoxy) is 2. The minimum absolute atomic E-state index is 0.149. The number of rotatable bonds is 3. The van der Waals surface area contributed by atoms with Crippen molar-refractivity contribution in [3.63, 3.8) is 0 Å². The third-order valence-corrected chi connectivity index (χ3v) is 7.01. The van der Waals surface area contributed by atoms with Gasteiger partial charge in [0, 0.05) is 29.0 Å². The van der Waals surface area contributed by atoms with Gasteiger partial charge in [0.15, 0.2) is 0 Å². The van der Waals surface area contributed by atoms with Crippen molar-refractivity contribution in [1.29, 1.82) is 10.5 Å². The normalized spacial score (nSPS) is 12.0. The van der Waals surface area contributed by atoms with Crippen molar-refractivity contribution >= 4 is 40.2 Å². The maximum atomic E-state index is 9.53. The number of anilines is 3. The first-order valence-electron chi connectivity index (χ1n) is 12.3. The Labute approximate surface area is 220 Å². The van der Waals surface area contributed by atoms with Crippen LogP contribution in [0, 0.1) is 22.7 Å². The van der Waals surface area contributed by atoms with Gasteiger partial charge in [0.05, 0.1) is 29.0 Å². The second kappa shape index (κ2) is 8.59.